The van der Waals surface area contributed by atoms with E-state index in [2.05, 4.69) is 20.6 Å². The van der Waals surface area contributed by atoms with Gasteiger partial charge in [0.05, 0.1) is 12.1 Å². The Kier molecular flexibility index (Phi) is 5.98. The summed E-state index contributed by atoms with van der Waals surface area (Å²) in [7, 11) is 0. The van der Waals surface area contributed by atoms with E-state index in [9.17, 15) is 9.90 Å². The highest BCUT2D eigenvalue weighted by molar-refractivity contribution is 5.92. The lowest BCUT2D eigenvalue weighted by molar-refractivity contribution is -0.122. The van der Waals surface area contributed by atoms with E-state index in [1.165, 1.54) is 6.33 Å². The molecule has 6 heteroatoms. The Morgan fingerprint density at radius 3 is 2.63 bits per heavy atom. The third-order valence-electron chi connectivity index (χ3n) is 4.42. The zero-order valence-corrected chi connectivity index (χ0v) is 15.5. The van der Waals surface area contributed by atoms with Gasteiger partial charge in [0.1, 0.15) is 18.2 Å². The molecule has 0 saturated heterocycles. The molecule has 1 aromatic heterocycles. The van der Waals surface area contributed by atoms with E-state index in [1.54, 1.807) is 0 Å². The molecular formula is C21H24N4O2. The summed E-state index contributed by atoms with van der Waals surface area (Å²) in [6, 6.07) is 14.8. The summed E-state index contributed by atoms with van der Waals surface area (Å²) < 4.78 is 0. The fourth-order valence-corrected chi connectivity index (χ4v) is 2.94. The minimum absolute atomic E-state index is 0.0151. The van der Waals surface area contributed by atoms with Gasteiger partial charge in [-0.25, -0.2) is 9.97 Å². The first-order valence-corrected chi connectivity index (χ1v) is 9.01. The van der Waals surface area contributed by atoms with E-state index in [0.717, 1.165) is 22.0 Å². The third-order valence-corrected chi connectivity index (χ3v) is 4.42. The molecule has 1 unspecified atom stereocenters. The van der Waals surface area contributed by atoms with Crippen LogP contribution in [0.2, 0.25) is 0 Å². The number of hydrogen-bond donors (Lipinski definition) is 3. The maximum Gasteiger partial charge on any atom is 0.243 e. The van der Waals surface area contributed by atoms with Crippen molar-refractivity contribution in [2.75, 3.05) is 5.32 Å². The number of aliphatic hydroxyl groups is 1. The molecular weight excluding hydrogens is 340 g/mol. The van der Waals surface area contributed by atoms with Crippen molar-refractivity contribution < 1.29 is 9.90 Å². The number of anilines is 1. The van der Waals surface area contributed by atoms with Crippen LogP contribution in [0.3, 0.4) is 0 Å². The molecule has 3 N–H and O–H groups in total. The number of nitrogens with one attached hydrogen (secondary N) is 2. The molecule has 0 fully saturated rings. The van der Waals surface area contributed by atoms with Crippen LogP contribution in [-0.2, 0) is 17.9 Å². The van der Waals surface area contributed by atoms with E-state index in [4.69, 9.17) is 0 Å². The predicted octanol–water partition coefficient (Wildman–Crippen LogP) is 2.88. The first-order valence-electron chi connectivity index (χ1n) is 9.01. The molecule has 1 heterocycles. The second kappa shape index (κ2) is 8.60. The quantitative estimate of drug-likeness (QED) is 0.600. The van der Waals surface area contributed by atoms with Gasteiger partial charge in [-0.15, -0.1) is 0 Å². The Balaban J connectivity index is 1.73. The molecule has 1 atom stereocenters. The van der Waals surface area contributed by atoms with Crippen LogP contribution in [0.1, 0.15) is 25.0 Å². The summed E-state index contributed by atoms with van der Waals surface area (Å²) >= 11 is 0. The van der Waals surface area contributed by atoms with Crippen molar-refractivity contribution in [3.8, 4) is 0 Å². The molecule has 0 bridgehead atoms. The first-order chi connectivity index (χ1) is 13.1. The number of para-hydroxylation sites is 1. The largest absolute Gasteiger partial charge is 0.392 e. The lowest BCUT2D eigenvalue weighted by atomic mass is 10.0. The highest BCUT2D eigenvalue weighted by atomic mass is 16.3. The molecule has 140 valence electrons. The van der Waals surface area contributed by atoms with Crippen molar-refractivity contribution in [3.05, 3.63) is 66.0 Å². The predicted molar refractivity (Wildman–Crippen MR) is 106 cm³/mol. The van der Waals surface area contributed by atoms with Crippen LogP contribution in [0, 0.1) is 5.92 Å². The summed E-state index contributed by atoms with van der Waals surface area (Å²) in [5.74, 6) is 0.626. The zero-order chi connectivity index (χ0) is 19.2. The Bertz CT molecular complexity index is 921. The van der Waals surface area contributed by atoms with E-state index < -0.39 is 6.04 Å². The minimum atomic E-state index is -0.427. The third kappa shape index (κ3) is 4.60. The van der Waals surface area contributed by atoms with Crippen molar-refractivity contribution in [1.29, 1.82) is 0 Å². The smallest absolute Gasteiger partial charge is 0.243 e. The number of aromatic nitrogens is 2. The van der Waals surface area contributed by atoms with E-state index in [1.807, 2.05) is 62.4 Å². The van der Waals surface area contributed by atoms with Crippen LogP contribution >= 0.6 is 0 Å². The number of amides is 1. The monoisotopic (exact) mass is 364 g/mol. The van der Waals surface area contributed by atoms with Crippen LogP contribution in [0.25, 0.3) is 10.9 Å². The number of carbonyl (C=O) groups is 1. The number of rotatable bonds is 7. The standard InChI is InChI=1S/C21H24N4O2/c1-14(2)19(21(27)22-11-15-6-5-7-16(10-15)12-26)25-20-17-8-3-4-9-18(17)23-13-24-20/h3-10,13-14,19,26H,11-12H2,1-2H3,(H,22,27)(H,23,24,25). The van der Waals surface area contributed by atoms with Gasteiger partial charge in [-0.3, -0.25) is 4.79 Å². The maximum atomic E-state index is 12.8. The Hall–Kier alpha value is -2.99. The molecule has 6 nitrogen and oxygen atoms in total. The SMILES string of the molecule is CC(C)C(Nc1ncnc2ccccc12)C(=O)NCc1cccc(CO)c1. The fraction of sp³-hybridized carbons (Fsp3) is 0.286. The van der Waals surface area contributed by atoms with E-state index >= 15 is 0 Å². The molecule has 0 aliphatic heterocycles. The molecule has 0 aliphatic rings. The van der Waals surface area contributed by atoms with Crippen LogP contribution in [-0.4, -0.2) is 27.0 Å². The number of hydrogen-bond acceptors (Lipinski definition) is 5. The Morgan fingerprint density at radius 1 is 1.07 bits per heavy atom. The van der Waals surface area contributed by atoms with Gasteiger partial charge in [0.25, 0.3) is 0 Å². The van der Waals surface area contributed by atoms with Gasteiger partial charge >= 0.3 is 0 Å². The number of fused-ring (bicyclic) bond motifs is 1. The summed E-state index contributed by atoms with van der Waals surface area (Å²) in [6.45, 7) is 4.38. The summed E-state index contributed by atoms with van der Waals surface area (Å²) in [5.41, 5.74) is 2.61. The molecule has 0 aliphatic carbocycles. The summed E-state index contributed by atoms with van der Waals surface area (Å²) in [6.07, 6.45) is 1.50. The van der Waals surface area contributed by atoms with Crippen molar-refractivity contribution in [1.82, 2.24) is 15.3 Å². The normalized spacial score (nSPS) is 12.1. The molecule has 2 aromatic carbocycles. The highest BCUT2D eigenvalue weighted by Gasteiger charge is 2.23. The van der Waals surface area contributed by atoms with Gasteiger partial charge in [-0.2, -0.15) is 0 Å². The molecule has 3 aromatic rings. The average molecular weight is 364 g/mol. The van der Waals surface area contributed by atoms with Gasteiger partial charge in [-0.05, 0) is 29.2 Å². The topological polar surface area (TPSA) is 87.1 Å². The number of benzene rings is 2. The van der Waals surface area contributed by atoms with Crippen LogP contribution in [0.4, 0.5) is 5.82 Å². The average Bonchev–Trinajstić information content (AvgIpc) is 2.70. The van der Waals surface area contributed by atoms with Crippen LogP contribution in [0.5, 0.6) is 0 Å². The molecule has 0 spiro atoms. The summed E-state index contributed by atoms with van der Waals surface area (Å²) in [5, 5.41) is 16.4. The van der Waals surface area contributed by atoms with E-state index in [-0.39, 0.29) is 18.4 Å². The highest BCUT2D eigenvalue weighted by Crippen LogP contribution is 2.20. The lowest BCUT2D eigenvalue weighted by Gasteiger charge is -2.23. The zero-order valence-electron chi connectivity index (χ0n) is 15.5. The number of nitrogens with zero attached hydrogens (tertiary/aromatic N) is 2. The Morgan fingerprint density at radius 2 is 1.85 bits per heavy atom. The van der Waals surface area contributed by atoms with E-state index in [0.29, 0.717) is 12.4 Å². The number of aliphatic hydroxyl groups excluding tert-OH is 1. The molecule has 0 saturated carbocycles. The lowest BCUT2D eigenvalue weighted by Crippen LogP contribution is -2.43. The molecule has 3 rings (SSSR count). The van der Waals surface area contributed by atoms with Crippen molar-refractivity contribution in [2.45, 2.75) is 33.0 Å². The van der Waals surface area contributed by atoms with Gasteiger partial charge in [-0.1, -0.05) is 50.2 Å². The number of carbonyl (C=O) groups excluding carboxylic acids is 1. The second-order valence-electron chi connectivity index (χ2n) is 6.80. The maximum absolute atomic E-state index is 12.8. The van der Waals surface area contributed by atoms with Crippen molar-refractivity contribution in [2.24, 2.45) is 5.92 Å². The summed E-state index contributed by atoms with van der Waals surface area (Å²) in [4.78, 5) is 21.4. The van der Waals surface area contributed by atoms with Crippen LogP contribution < -0.4 is 10.6 Å². The van der Waals surface area contributed by atoms with Gasteiger partial charge in [0.15, 0.2) is 0 Å². The molecule has 1 amide bonds. The molecule has 27 heavy (non-hydrogen) atoms. The fourth-order valence-electron chi connectivity index (χ4n) is 2.94. The van der Waals surface area contributed by atoms with Crippen molar-refractivity contribution >= 4 is 22.6 Å². The van der Waals surface area contributed by atoms with Gasteiger partial charge < -0.3 is 15.7 Å². The van der Waals surface area contributed by atoms with Crippen LogP contribution in [0.15, 0.2) is 54.9 Å². The first kappa shape index (κ1) is 18.8. The van der Waals surface area contributed by atoms with Gasteiger partial charge in [0, 0.05) is 11.9 Å². The Labute approximate surface area is 158 Å². The van der Waals surface area contributed by atoms with Gasteiger partial charge in [0.2, 0.25) is 5.91 Å². The second-order valence-corrected chi connectivity index (χ2v) is 6.80. The van der Waals surface area contributed by atoms with Crippen molar-refractivity contribution in [3.63, 3.8) is 0 Å². The minimum Gasteiger partial charge on any atom is -0.392 e. The molecule has 0 radical (unpaired) electrons.